The molecule has 0 unspecified atom stereocenters. The Bertz CT molecular complexity index is 361. The summed E-state index contributed by atoms with van der Waals surface area (Å²) in [5, 5.41) is 12.2. The van der Waals surface area contributed by atoms with Gasteiger partial charge in [-0.15, -0.1) is 0 Å². The standard InChI is InChI=1S/C17H29NO3/c1-2-3-4-12-5-9-15(10-6-12)18-16(19)13-7-8-14(11-13)17(20)21/h12-15H,2-11H2,1H3,(H,18,19)(H,20,21)/t12?,13-,14+,15?/m1/s1. The molecule has 2 saturated carbocycles. The maximum atomic E-state index is 12.2. The van der Waals surface area contributed by atoms with E-state index in [-0.39, 0.29) is 17.7 Å². The highest BCUT2D eigenvalue weighted by atomic mass is 16.4. The minimum absolute atomic E-state index is 0.0797. The summed E-state index contributed by atoms with van der Waals surface area (Å²) in [4.78, 5) is 23.2. The number of carboxylic acids is 1. The number of rotatable bonds is 6. The Balaban J connectivity index is 1.69. The topological polar surface area (TPSA) is 66.4 Å². The van der Waals surface area contributed by atoms with Gasteiger partial charge in [-0.2, -0.15) is 0 Å². The number of amides is 1. The van der Waals surface area contributed by atoms with Crippen LogP contribution in [0, 0.1) is 17.8 Å². The summed E-state index contributed by atoms with van der Waals surface area (Å²) in [6.07, 6.45) is 10.5. The highest BCUT2D eigenvalue weighted by molar-refractivity contribution is 5.81. The van der Waals surface area contributed by atoms with E-state index in [1.54, 1.807) is 0 Å². The highest BCUT2D eigenvalue weighted by Crippen LogP contribution is 2.32. The van der Waals surface area contributed by atoms with E-state index in [1.165, 1.54) is 32.1 Å². The van der Waals surface area contributed by atoms with Crippen molar-refractivity contribution in [3.05, 3.63) is 0 Å². The summed E-state index contributed by atoms with van der Waals surface area (Å²) in [7, 11) is 0. The van der Waals surface area contributed by atoms with Gasteiger partial charge in [-0.25, -0.2) is 0 Å². The monoisotopic (exact) mass is 295 g/mol. The van der Waals surface area contributed by atoms with Crippen molar-refractivity contribution in [2.75, 3.05) is 0 Å². The largest absolute Gasteiger partial charge is 0.481 e. The number of aliphatic carboxylic acids is 1. The van der Waals surface area contributed by atoms with E-state index in [1.807, 2.05) is 0 Å². The number of unbranched alkanes of at least 4 members (excludes halogenated alkanes) is 1. The van der Waals surface area contributed by atoms with E-state index < -0.39 is 5.97 Å². The van der Waals surface area contributed by atoms with Gasteiger partial charge in [0.2, 0.25) is 5.91 Å². The molecule has 2 rings (SSSR count). The molecular formula is C17H29NO3. The molecule has 4 heteroatoms. The van der Waals surface area contributed by atoms with Crippen LogP contribution in [0.3, 0.4) is 0 Å². The van der Waals surface area contributed by atoms with Crippen LogP contribution in [0.5, 0.6) is 0 Å². The van der Waals surface area contributed by atoms with E-state index in [2.05, 4.69) is 12.2 Å². The predicted molar refractivity (Wildman–Crippen MR) is 81.9 cm³/mol. The van der Waals surface area contributed by atoms with Gasteiger partial charge in [0.1, 0.15) is 0 Å². The van der Waals surface area contributed by atoms with Crippen molar-refractivity contribution in [2.45, 2.75) is 77.2 Å². The summed E-state index contributed by atoms with van der Waals surface area (Å²) in [6.45, 7) is 2.23. The minimum Gasteiger partial charge on any atom is -0.481 e. The molecule has 0 aromatic carbocycles. The second kappa shape index (κ2) is 7.81. The zero-order valence-corrected chi connectivity index (χ0v) is 13.1. The molecule has 2 N–H and O–H groups in total. The van der Waals surface area contributed by atoms with Crippen LogP contribution >= 0.6 is 0 Å². The first-order valence-corrected chi connectivity index (χ1v) is 8.63. The fourth-order valence-electron chi connectivity index (χ4n) is 3.85. The van der Waals surface area contributed by atoms with Gasteiger partial charge in [-0.1, -0.05) is 26.2 Å². The molecule has 0 heterocycles. The maximum Gasteiger partial charge on any atom is 0.306 e. The molecule has 0 aliphatic heterocycles. The molecule has 0 saturated heterocycles. The second-order valence-electron chi connectivity index (χ2n) is 6.91. The molecule has 0 spiro atoms. The normalized spacial score (nSPS) is 32.8. The molecule has 120 valence electrons. The van der Waals surface area contributed by atoms with Crippen LogP contribution in [-0.4, -0.2) is 23.0 Å². The van der Waals surface area contributed by atoms with E-state index in [0.717, 1.165) is 25.2 Å². The Morgan fingerprint density at radius 3 is 2.29 bits per heavy atom. The summed E-state index contributed by atoms with van der Waals surface area (Å²) < 4.78 is 0. The number of nitrogens with one attached hydrogen (secondary N) is 1. The van der Waals surface area contributed by atoms with Crippen molar-refractivity contribution in [1.82, 2.24) is 5.32 Å². The fraction of sp³-hybridized carbons (Fsp3) is 0.882. The van der Waals surface area contributed by atoms with Crippen molar-refractivity contribution in [2.24, 2.45) is 17.8 Å². The van der Waals surface area contributed by atoms with Crippen molar-refractivity contribution in [3.63, 3.8) is 0 Å². The van der Waals surface area contributed by atoms with Gasteiger partial charge in [0.05, 0.1) is 5.92 Å². The highest BCUT2D eigenvalue weighted by Gasteiger charge is 2.34. The van der Waals surface area contributed by atoms with Crippen molar-refractivity contribution in [3.8, 4) is 0 Å². The average Bonchev–Trinajstić information content (AvgIpc) is 2.97. The van der Waals surface area contributed by atoms with Crippen LogP contribution < -0.4 is 5.32 Å². The van der Waals surface area contributed by atoms with Gasteiger partial charge in [0.25, 0.3) is 0 Å². The quantitative estimate of drug-likeness (QED) is 0.789. The molecule has 2 aliphatic rings. The molecular weight excluding hydrogens is 266 g/mol. The lowest BCUT2D eigenvalue weighted by Gasteiger charge is -2.29. The minimum atomic E-state index is -0.748. The van der Waals surface area contributed by atoms with Crippen molar-refractivity contribution < 1.29 is 14.7 Å². The summed E-state index contributed by atoms with van der Waals surface area (Å²) in [5.41, 5.74) is 0. The second-order valence-corrected chi connectivity index (χ2v) is 6.91. The summed E-state index contributed by atoms with van der Waals surface area (Å²) in [5.74, 6) is -0.201. The van der Waals surface area contributed by atoms with E-state index in [9.17, 15) is 9.59 Å². The van der Waals surface area contributed by atoms with E-state index in [4.69, 9.17) is 5.11 Å². The van der Waals surface area contributed by atoms with Crippen LogP contribution in [0.2, 0.25) is 0 Å². The Morgan fingerprint density at radius 2 is 1.71 bits per heavy atom. The van der Waals surface area contributed by atoms with Crippen LogP contribution in [0.4, 0.5) is 0 Å². The van der Waals surface area contributed by atoms with Gasteiger partial charge in [-0.05, 0) is 50.9 Å². The lowest BCUT2D eigenvalue weighted by atomic mass is 9.83. The number of carbonyl (C=O) groups excluding carboxylic acids is 1. The smallest absolute Gasteiger partial charge is 0.306 e. The van der Waals surface area contributed by atoms with Gasteiger partial charge >= 0.3 is 5.97 Å². The Kier molecular flexibility index (Phi) is 6.07. The summed E-state index contributed by atoms with van der Waals surface area (Å²) in [6, 6.07) is 0.319. The molecule has 4 nitrogen and oxygen atoms in total. The van der Waals surface area contributed by atoms with Crippen molar-refractivity contribution in [1.29, 1.82) is 0 Å². The number of carboxylic acid groups (broad SMARTS) is 1. The summed E-state index contributed by atoms with van der Waals surface area (Å²) >= 11 is 0. The van der Waals surface area contributed by atoms with Crippen molar-refractivity contribution >= 4 is 11.9 Å². The maximum absolute atomic E-state index is 12.2. The van der Waals surface area contributed by atoms with Crippen LogP contribution in [0.25, 0.3) is 0 Å². The fourth-order valence-corrected chi connectivity index (χ4v) is 3.85. The lowest BCUT2D eigenvalue weighted by Crippen LogP contribution is -2.40. The number of carbonyl (C=O) groups is 2. The molecule has 2 fully saturated rings. The average molecular weight is 295 g/mol. The SMILES string of the molecule is CCCCC1CCC(NC(=O)[C@@H]2CC[C@H](C(=O)O)C2)CC1. The lowest BCUT2D eigenvalue weighted by molar-refractivity contribution is -0.141. The third-order valence-corrected chi connectivity index (χ3v) is 5.31. The van der Waals surface area contributed by atoms with Crippen LogP contribution in [-0.2, 0) is 9.59 Å². The molecule has 0 bridgehead atoms. The first-order valence-electron chi connectivity index (χ1n) is 8.63. The van der Waals surface area contributed by atoms with Gasteiger partial charge in [0.15, 0.2) is 0 Å². The third kappa shape index (κ3) is 4.72. The zero-order valence-electron chi connectivity index (χ0n) is 13.1. The zero-order chi connectivity index (χ0) is 15.2. The Hall–Kier alpha value is -1.06. The molecule has 2 atom stereocenters. The third-order valence-electron chi connectivity index (χ3n) is 5.31. The molecule has 1 amide bonds. The number of hydrogen-bond acceptors (Lipinski definition) is 2. The molecule has 21 heavy (non-hydrogen) atoms. The van der Waals surface area contributed by atoms with Gasteiger partial charge < -0.3 is 10.4 Å². The van der Waals surface area contributed by atoms with E-state index in [0.29, 0.717) is 18.9 Å². The predicted octanol–water partition coefficient (Wildman–Crippen LogP) is 3.35. The first-order chi connectivity index (χ1) is 10.1. The Labute approximate surface area is 127 Å². The molecule has 2 aliphatic carbocycles. The first kappa shape index (κ1) is 16.3. The van der Waals surface area contributed by atoms with E-state index >= 15 is 0 Å². The van der Waals surface area contributed by atoms with Crippen LogP contribution in [0.1, 0.15) is 71.1 Å². The molecule has 0 aromatic heterocycles. The van der Waals surface area contributed by atoms with Gasteiger partial charge in [-0.3, -0.25) is 9.59 Å². The molecule has 0 radical (unpaired) electrons. The Morgan fingerprint density at radius 1 is 1.05 bits per heavy atom. The van der Waals surface area contributed by atoms with Crippen LogP contribution in [0.15, 0.2) is 0 Å². The number of hydrogen-bond donors (Lipinski definition) is 2. The van der Waals surface area contributed by atoms with Gasteiger partial charge in [0, 0.05) is 12.0 Å². The molecule has 0 aromatic rings.